The van der Waals surface area contributed by atoms with E-state index in [1.165, 1.54) is 0 Å². The summed E-state index contributed by atoms with van der Waals surface area (Å²) in [4.78, 5) is 12.7. The Bertz CT molecular complexity index is 115. The molecule has 0 unspecified atom stereocenters. The summed E-state index contributed by atoms with van der Waals surface area (Å²) in [6.07, 6.45) is 0. The van der Waals surface area contributed by atoms with E-state index in [0.29, 0.717) is 24.6 Å². The van der Waals surface area contributed by atoms with Crippen molar-refractivity contribution in [2.75, 3.05) is 31.1 Å². The summed E-state index contributed by atoms with van der Waals surface area (Å²) >= 11 is 8.05. The molecular formula is C6H14N2OS2. The monoisotopic (exact) mass is 194 g/mol. The lowest BCUT2D eigenvalue weighted by Crippen LogP contribution is -2.38. The van der Waals surface area contributed by atoms with E-state index in [2.05, 4.69) is 25.3 Å². The van der Waals surface area contributed by atoms with Crippen molar-refractivity contribution >= 4 is 31.2 Å². The van der Waals surface area contributed by atoms with Gasteiger partial charge >= 0.3 is 0 Å². The molecule has 3 nitrogen and oxygen atoms in total. The predicted molar refractivity (Wildman–Crippen MR) is 53.3 cm³/mol. The van der Waals surface area contributed by atoms with Gasteiger partial charge in [-0.1, -0.05) is 0 Å². The lowest BCUT2D eigenvalue weighted by atomic mass is 10.4. The second kappa shape index (κ2) is 6.82. The molecule has 0 aliphatic rings. The standard InChI is InChI=1S/C6H14N2OS2/c7-5-6(9)8(1-3-10)2-4-11/h10-11H,1-5,7H2. The normalized spacial score (nSPS) is 9.73. The fourth-order valence-electron chi connectivity index (χ4n) is 0.732. The van der Waals surface area contributed by atoms with E-state index < -0.39 is 0 Å². The van der Waals surface area contributed by atoms with Crippen LogP contribution in [0, 0.1) is 0 Å². The van der Waals surface area contributed by atoms with Crippen molar-refractivity contribution in [1.82, 2.24) is 4.90 Å². The minimum Gasteiger partial charge on any atom is -0.340 e. The number of rotatable bonds is 5. The highest BCUT2D eigenvalue weighted by Gasteiger charge is 2.08. The SMILES string of the molecule is NCC(=O)N(CCS)CCS. The van der Waals surface area contributed by atoms with Crippen LogP contribution < -0.4 is 5.73 Å². The molecule has 0 spiro atoms. The Balaban J connectivity index is 3.76. The number of hydrogen-bond donors (Lipinski definition) is 3. The summed E-state index contributed by atoms with van der Waals surface area (Å²) in [6.45, 7) is 1.38. The van der Waals surface area contributed by atoms with Crippen molar-refractivity contribution in [1.29, 1.82) is 0 Å². The largest absolute Gasteiger partial charge is 0.340 e. The van der Waals surface area contributed by atoms with Crippen molar-refractivity contribution in [3.63, 3.8) is 0 Å². The van der Waals surface area contributed by atoms with Gasteiger partial charge in [0.25, 0.3) is 0 Å². The quantitative estimate of drug-likeness (QED) is 0.523. The molecule has 5 heteroatoms. The first kappa shape index (κ1) is 11.1. The highest BCUT2D eigenvalue weighted by Crippen LogP contribution is 1.91. The molecule has 0 atom stereocenters. The molecule has 1 amide bonds. The summed E-state index contributed by atoms with van der Waals surface area (Å²) in [5.41, 5.74) is 5.19. The van der Waals surface area contributed by atoms with Gasteiger partial charge in [-0.25, -0.2) is 0 Å². The molecule has 0 aromatic rings. The minimum absolute atomic E-state index is 0.0342. The zero-order chi connectivity index (χ0) is 8.69. The van der Waals surface area contributed by atoms with Crippen molar-refractivity contribution in [3.8, 4) is 0 Å². The molecule has 0 aromatic heterocycles. The number of thiol groups is 2. The van der Waals surface area contributed by atoms with Gasteiger partial charge in [-0.3, -0.25) is 4.79 Å². The lowest BCUT2D eigenvalue weighted by Gasteiger charge is -2.19. The molecule has 0 aromatic carbocycles. The molecule has 11 heavy (non-hydrogen) atoms. The lowest BCUT2D eigenvalue weighted by molar-refractivity contribution is -0.129. The van der Waals surface area contributed by atoms with Crippen LogP contribution >= 0.6 is 25.3 Å². The van der Waals surface area contributed by atoms with Gasteiger partial charge in [0.15, 0.2) is 0 Å². The van der Waals surface area contributed by atoms with E-state index in [0.717, 1.165) is 0 Å². The summed E-state index contributed by atoms with van der Waals surface area (Å²) in [7, 11) is 0. The minimum atomic E-state index is -0.0342. The van der Waals surface area contributed by atoms with E-state index in [1.54, 1.807) is 4.90 Å². The van der Waals surface area contributed by atoms with Gasteiger partial charge < -0.3 is 10.6 Å². The van der Waals surface area contributed by atoms with E-state index in [1.807, 2.05) is 0 Å². The Kier molecular flexibility index (Phi) is 6.90. The van der Waals surface area contributed by atoms with Crippen LogP contribution in [0.5, 0.6) is 0 Å². The number of carbonyl (C=O) groups excluding carboxylic acids is 1. The molecule has 0 aliphatic carbocycles. The van der Waals surface area contributed by atoms with Gasteiger partial charge in [0.05, 0.1) is 6.54 Å². The van der Waals surface area contributed by atoms with Gasteiger partial charge in [-0.15, -0.1) is 0 Å². The molecule has 0 rings (SSSR count). The Labute approximate surface area is 78.1 Å². The average Bonchev–Trinajstić information content (AvgIpc) is 2.03. The Hall–Kier alpha value is 0.130. The van der Waals surface area contributed by atoms with Gasteiger partial charge in [-0.2, -0.15) is 25.3 Å². The molecule has 0 saturated carbocycles. The Morgan fingerprint density at radius 1 is 1.27 bits per heavy atom. The van der Waals surface area contributed by atoms with E-state index in [4.69, 9.17) is 5.73 Å². The maximum atomic E-state index is 11.0. The van der Waals surface area contributed by atoms with Crippen molar-refractivity contribution in [2.24, 2.45) is 5.73 Å². The van der Waals surface area contributed by atoms with Gasteiger partial charge in [0.2, 0.25) is 5.91 Å². The molecule has 0 saturated heterocycles. The molecule has 0 fully saturated rings. The Morgan fingerprint density at radius 2 is 1.73 bits per heavy atom. The molecule has 0 radical (unpaired) electrons. The van der Waals surface area contributed by atoms with Crippen molar-refractivity contribution in [2.45, 2.75) is 0 Å². The predicted octanol–water partition coefficient (Wildman–Crippen LogP) is -0.367. The van der Waals surface area contributed by atoms with E-state index >= 15 is 0 Å². The van der Waals surface area contributed by atoms with Crippen LogP contribution in [-0.2, 0) is 4.79 Å². The first-order valence-electron chi connectivity index (χ1n) is 3.45. The second-order valence-electron chi connectivity index (χ2n) is 2.03. The fourth-order valence-corrected chi connectivity index (χ4v) is 1.21. The smallest absolute Gasteiger partial charge is 0.236 e. The van der Waals surface area contributed by atoms with Crippen LogP contribution in [0.15, 0.2) is 0 Å². The number of nitrogens with zero attached hydrogens (tertiary/aromatic N) is 1. The summed E-state index contributed by atoms with van der Waals surface area (Å²) < 4.78 is 0. The number of nitrogens with two attached hydrogens (primary N) is 1. The molecule has 0 aliphatic heterocycles. The summed E-state index contributed by atoms with van der Waals surface area (Å²) in [5.74, 6) is 1.30. The topological polar surface area (TPSA) is 46.3 Å². The van der Waals surface area contributed by atoms with Crippen LogP contribution in [0.2, 0.25) is 0 Å². The van der Waals surface area contributed by atoms with Gasteiger partial charge in [0.1, 0.15) is 0 Å². The zero-order valence-electron chi connectivity index (χ0n) is 6.36. The van der Waals surface area contributed by atoms with Crippen LogP contribution in [0.4, 0.5) is 0 Å². The van der Waals surface area contributed by atoms with Crippen LogP contribution in [0.3, 0.4) is 0 Å². The summed E-state index contributed by atoms with van der Waals surface area (Å²) in [6, 6.07) is 0. The maximum absolute atomic E-state index is 11.0. The molecule has 0 heterocycles. The third-order valence-corrected chi connectivity index (χ3v) is 1.67. The highest BCUT2D eigenvalue weighted by atomic mass is 32.1. The fraction of sp³-hybridized carbons (Fsp3) is 0.833. The third kappa shape index (κ3) is 4.55. The van der Waals surface area contributed by atoms with Crippen molar-refractivity contribution < 1.29 is 4.79 Å². The molecular weight excluding hydrogens is 180 g/mol. The number of carbonyl (C=O) groups is 1. The molecule has 66 valence electrons. The average molecular weight is 194 g/mol. The van der Waals surface area contributed by atoms with Crippen LogP contribution in [-0.4, -0.2) is 41.9 Å². The summed E-state index contributed by atoms with van der Waals surface area (Å²) in [5, 5.41) is 0. The highest BCUT2D eigenvalue weighted by molar-refractivity contribution is 7.80. The first-order chi connectivity index (χ1) is 5.26. The third-order valence-electron chi connectivity index (χ3n) is 1.27. The first-order valence-corrected chi connectivity index (χ1v) is 4.72. The second-order valence-corrected chi connectivity index (χ2v) is 2.93. The van der Waals surface area contributed by atoms with Crippen LogP contribution in [0.25, 0.3) is 0 Å². The van der Waals surface area contributed by atoms with Gasteiger partial charge in [0, 0.05) is 24.6 Å². The van der Waals surface area contributed by atoms with Crippen molar-refractivity contribution in [3.05, 3.63) is 0 Å². The molecule has 0 bridgehead atoms. The maximum Gasteiger partial charge on any atom is 0.236 e. The van der Waals surface area contributed by atoms with E-state index in [9.17, 15) is 4.79 Å². The zero-order valence-corrected chi connectivity index (χ0v) is 8.15. The van der Waals surface area contributed by atoms with Crippen LogP contribution in [0.1, 0.15) is 0 Å². The van der Waals surface area contributed by atoms with E-state index in [-0.39, 0.29) is 12.5 Å². The Morgan fingerprint density at radius 3 is 2.00 bits per heavy atom. The number of hydrogen-bond acceptors (Lipinski definition) is 4. The molecule has 2 N–H and O–H groups in total. The van der Waals surface area contributed by atoms with Gasteiger partial charge in [-0.05, 0) is 0 Å². The number of amides is 1.